The minimum absolute atomic E-state index is 0.157. The summed E-state index contributed by atoms with van der Waals surface area (Å²) in [4.78, 5) is 6.58. The molecule has 28 heavy (non-hydrogen) atoms. The molecule has 1 aromatic rings. The normalized spacial score (nSPS) is 21.8. The van der Waals surface area contributed by atoms with E-state index >= 15 is 0 Å². The Labute approximate surface area is 171 Å². The Morgan fingerprint density at radius 1 is 1.11 bits per heavy atom. The SMILES string of the molecule is CC.CC.CC(C)(O)C#Cc1cc(N2CCC(OC3CC(O)C3)CC2)ccn1. The molecule has 5 nitrogen and oxygen atoms in total. The molecular formula is C23H38N2O3. The van der Waals surface area contributed by atoms with Crippen LogP contribution in [0.4, 0.5) is 5.69 Å². The molecule has 0 amide bonds. The van der Waals surface area contributed by atoms with Gasteiger partial charge in [0.25, 0.3) is 0 Å². The van der Waals surface area contributed by atoms with Crippen molar-refractivity contribution >= 4 is 5.69 Å². The summed E-state index contributed by atoms with van der Waals surface area (Å²) in [6.07, 6.45) is 5.73. The van der Waals surface area contributed by atoms with E-state index in [0.29, 0.717) is 11.8 Å². The van der Waals surface area contributed by atoms with Crippen LogP contribution in [0.1, 0.15) is 72.9 Å². The number of hydrogen-bond acceptors (Lipinski definition) is 5. The van der Waals surface area contributed by atoms with Crippen LogP contribution in [-0.2, 0) is 4.74 Å². The molecule has 2 N–H and O–H groups in total. The third-order valence-electron chi connectivity index (χ3n) is 4.50. The van der Waals surface area contributed by atoms with Gasteiger partial charge in [0.15, 0.2) is 0 Å². The standard InChI is InChI=1S/C19H26N2O3.2C2H6/c1-19(2,23)7-3-14-11-15(4-8-20-14)21-9-5-17(6-10-21)24-18-12-16(22)13-18;2*1-2/h4,8,11,16-18,22-23H,5-6,9-10,12-13H2,1-2H3;2*1-2H3. The second kappa shape index (κ2) is 12.1. The van der Waals surface area contributed by atoms with Gasteiger partial charge in [0.05, 0.1) is 18.3 Å². The minimum atomic E-state index is -1.01. The van der Waals surface area contributed by atoms with E-state index in [4.69, 9.17) is 4.74 Å². The number of aliphatic hydroxyl groups excluding tert-OH is 1. The Balaban J connectivity index is 0.000000921. The first kappa shape index (κ1) is 24.4. The molecule has 1 aliphatic heterocycles. The number of aromatic nitrogens is 1. The third kappa shape index (κ3) is 8.18. The molecule has 0 spiro atoms. The van der Waals surface area contributed by atoms with Crippen LogP contribution in [0.15, 0.2) is 18.3 Å². The van der Waals surface area contributed by atoms with Crippen molar-refractivity contribution in [1.82, 2.24) is 4.98 Å². The Bertz CT molecular complexity index is 617. The Kier molecular flexibility index (Phi) is 10.5. The predicted octanol–water partition coefficient (Wildman–Crippen LogP) is 3.77. The second-order valence-corrected chi connectivity index (χ2v) is 7.28. The van der Waals surface area contributed by atoms with E-state index < -0.39 is 5.60 Å². The number of piperidine rings is 1. The summed E-state index contributed by atoms with van der Waals surface area (Å²) in [5.74, 6) is 5.73. The van der Waals surface area contributed by atoms with E-state index in [1.165, 1.54) is 0 Å². The van der Waals surface area contributed by atoms with Crippen molar-refractivity contribution in [3.05, 3.63) is 24.0 Å². The first-order valence-electron chi connectivity index (χ1n) is 10.7. The summed E-state index contributed by atoms with van der Waals surface area (Å²) in [6.45, 7) is 13.2. The van der Waals surface area contributed by atoms with Crippen LogP contribution in [0.3, 0.4) is 0 Å². The zero-order valence-corrected chi connectivity index (χ0v) is 18.4. The lowest BCUT2D eigenvalue weighted by Gasteiger charge is -2.38. The van der Waals surface area contributed by atoms with Crippen molar-refractivity contribution in [1.29, 1.82) is 0 Å². The molecule has 1 saturated heterocycles. The maximum absolute atomic E-state index is 9.70. The lowest BCUT2D eigenvalue weighted by molar-refractivity contribution is -0.108. The van der Waals surface area contributed by atoms with Crippen molar-refractivity contribution < 1.29 is 14.9 Å². The molecule has 0 atom stereocenters. The monoisotopic (exact) mass is 390 g/mol. The fraction of sp³-hybridized carbons (Fsp3) is 0.696. The molecule has 1 saturated carbocycles. The average molecular weight is 391 g/mol. The van der Waals surface area contributed by atoms with Gasteiger partial charge >= 0.3 is 0 Å². The van der Waals surface area contributed by atoms with Gasteiger partial charge in [-0.3, -0.25) is 0 Å². The molecule has 0 bridgehead atoms. The van der Waals surface area contributed by atoms with Gasteiger partial charge < -0.3 is 19.8 Å². The largest absolute Gasteiger partial charge is 0.393 e. The quantitative estimate of drug-likeness (QED) is 0.769. The average Bonchev–Trinajstić information content (AvgIpc) is 2.69. The molecule has 2 fully saturated rings. The molecule has 2 heterocycles. The highest BCUT2D eigenvalue weighted by Gasteiger charge is 2.31. The molecule has 158 valence electrons. The number of pyridine rings is 1. The highest BCUT2D eigenvalue weighted by atomic mass is 16.5. The Morgan fingerprint density at radius 2 is 1.71 bits per heavy atom. The summed E-state index contributed by atoms with van der Waals surface area (Å²) in [5.41, 5.74) is 0.779. The van der Waals surface area contributed by atoms with E-state index in [1.807, 2.05) is 39.8 Å². The predicted molar refractivity (Wildman–Crippen MR) is 115 cm³/mol. The maximum atomic E-state index is 9.70. The van der Waals surface area contributed by atoms with Gasteiger partial charge in [0.2, 0.25) is 0 Å². The van der Waals surface area contributed by atoms with E-state index in [0.717, 1.165) is 44.5 Å². The summed E-state index contributed by atoms with van der Waals surface area (Å²) in [7, 11) is 0. The van der Waals surface area contributed by atoms with Crippen LogP contribution in [0.5, 0.6) is 0 Å². The van der Waals surface area contributed by atoms with Crippen LogP contribution < -0.4 is 4.90 Å². The smallest absolute Gasteiger partial charge is 0.120 e. The van der Waals surface area contributed by atoms with Gasteiger partial charge in [0, 0.05) is 25.0 Å². The molecule has 0 radical (unpaired) electrons. The van der Waals surface area contributed by atoms with E-state index in [9.17, 15) is 10.2 Å². The molecular weight excluding hydrogens is 352 g/mol. The van der Waals surface area contributed by atoms with Crippen molar-refractivity contribution in [3.63, 3.8) is 0 Å². The van der Waals surface area contributed by atoms with Gasteiger partial charge in [0.1, 0.15) is 11.3 Å². The van der Waals surface area contributed by atoms with Crippen molar-refractivity contribution in [3.8, 4) is 11.8 Å². The van der Waals surface area contributed by atoms with Crippen LogP contribution in [-0.4, -0.2) is 52.2 Å². The summed E-state index contributed by atoms with van der Waals surface area (Å²) in [6, 6.07) is 3.97. The lowest BCUT2D eigenvalue weighted by atomic mass is 9.91. The number of anilines is 1. The Hall–Kier alpha value is -1.61. The van der Waals surface area contributed by atoms with Crippen LogP contribution in [0, 0.1) is 11.8 Å². The fourth-order valence-electron chi connectivity index (χ4n) is 3.07. The van der Waals surface area contributed by atoms with E-state index in [1.54, 1.807) is 20.0 Å². The van der Waals surface area contributed by atoms with Crippen molar-refractivity contribution in [2.75, 3.05) is 18.0 Å². The number of ether oxygens (including phenoxy) is 1. The number of aliphatic hydroxyl groups is 2. The highest BCUT2D eigenvalue weighted by molar-refractivity contribution is 5.50. The topological polar surface area (TPSA) is 65.8 Å². The fourth-order valence-corrected chi connectivity index (χ4v) is 3.07. The van der Waals surface area contributed by atoms with Gasteiger partial charge in [-0.05, 0) is 57.6 Å². The highest BCUT2D eigenvalue weighted by Crippen LogP contribution is 2.28. The summed E-state index contributed by atoms with van der Waals surface area (Å²) < 4.78 is 6.03. The molecule has 1 aliphatic carbocycles. The lowest BCUT2D eigenvalue weighted by Crippen LogP contribution is -2.42. The van der Waals surface area contributed by atoms with Crippen molar-refractivity contribution in [2.45, 2.75) is 91.1 Å². The number of nitrogens with zero attached hydrogens (tertiary/aromatic N) is 2. The molecule has 0 unspecified atom stereocenters. The van der Waals surface area contributed by atoms with Crippen LogP contribution >= 0.6 is 0 Å². The summed E-state index contributed by atoms with van der Waals surface area (Å²) in [5, 5.41) is 19.0. The Morgan fingerprint density at radius 3 is 2.25 bits per heavy atom. The van der Waals surface area contributed by atoms with Crippen LogP contribution in [0.2, 0.25) is 0 Å². The maximum Gasteiger partial charge on any atom is 0.120 e. The first-order valence-corrected chi connectivity index (χ1v) is 10.7. The van der Waals surface area contributed by atoms with Gasteiger partial charge in [-0.25, -0.2) is 4.98 Å². The minimum Gasteiger partial charge on any atom is -0.393 e. The zero-order valence-electron chi connectivity index (χ0n) is 18.4. The molecule has 5 heteroatoms. The van der Waals surface area contributed by atoms with Crippen LogP contribution in [0.25, 0.3) is 0 Å². The van der Waals surface area contributed by atoms with E-state index in [-0.39, 0.29) is 12.2 Å². The molecule has 3 rings (SSSR count). The molecule has 0 aromatic carbocycles. The van der Waals surface area contributed by atoms with E-state index in [2.05, 4.69) is 21.7 Å². The number of hydrogen-bond donors (Lipinski definition) is 2. The molecule has 2 aliphatic rings. The summed E-state index contributed by atoms with van der Waals surface area (Å²) >= 11 is 0. The first-order chi connectivity index (χ1) is 13.4. The zero-order chi connectivity index (χ0) is 21.2. The van der Waals surface area contributed by atoms with Gasteiger partial charge in [-0.15, -0.1) is 0 Å². The molecule has 1 aromatic heterocycles. The second-order valence-electron chi connectivity index (χ2n) is 7.28. The van der Waals surface area contributed by atoms with Gasteiger partial charge in [-0.1, -0.05) is 33.6 Å². The third-order valence-corrected chi connectivity index (χ3v) is 4.50. The number of rotatable bonds is 3. The van der Waals surface area contributed by atoms with Crippen molar-refractivity contribution in [2.24, 2.45) is 0 Å². The van der Waals surface area contributed by atoms with Gasteiger partial charge in [-0.2, -0.15) is 0 Å².